The molecule has 4 rings (SSSR count). The van der Waals surface area contributed by atoms with Gasteiger partial charge in [-0.1, -0.05) is 29.3 Å². The third-order valence-corrected chi connectivity index (χ3v) is 5.28. The Morgan fingerprint density at radius 2 is 2.00 bits per heavy atom. The summed E-state index contributed by atoms with van der Waals surface area (Å²) in [6.45, 7) is 1.62. The number of benzene rings is 2. The van der Waals surface area contributed by atoms with Crippen LogP contribution in [0, 0.1) is 0 Å². The molecule has 0 saturated carbocycles. The molecule has 2 aromatic carbocycles. The number of hydrogen-bond donors (Lipinski definition) is 1. The maximum Gasteiger partial charge on any atom is 0.265 e. The molecule has 1 amide bonds. The molecule has 2 heterocycles. The van der Waals surface area contributed by atoms with Crippen molar-refractivity contribution in [3.05, 3.63) is 64.9 Å². The molecule has 0 radical (unpaired) electrons. The molecule has 0 fully saturated rings. The highest BCUT2D eigenvalue weighted by atomic mass is 35.5. The van der Waals surface area contributed by atoms with Crippen molar-refractivity contribution in [3.63, 3.8) is 0 Å². The number of nitrogens with one attached hydrogen (secondary N) is 1. The maximum absolute atomic E-state index is 12.6. The molecular formula is C22H17Cl2N3O4. The predicted octanol–water partition coefficient (Wildman–Crippen LogP) is 5.61. The summed E-state index contributed by atoms with van der Waals surface area (Å²) < 4.78 is 16.8. The molecule has 31 heavy (non-hydrogen) atoms. The lowest BCUT2D eigenvalue weighted by Gasteiger charge is -2.16. The number of oxazole rings is 1. The van der Waals surface area contributed by atoms with Crippen LogP contribution in [-0.4, -0.2) is 29.1 Å². The van der Waals surface area contributed by atoms with Crippen LogP contribution in [-0.2, 0) is 4.79 Å². The Balaban J connectivity index is 1.52. The highest BCUT2D eigenvalue weighted by Gasteiger charge is 2.18. The van der Waals surface area contributed by atoms with Gasteiger partial charge in [-0.25, -0.2) is 4.98 Å². The summed E-state index contributed by atoms with van der Waals surface area (Å²) in [4.78, 5) is 21.1. The van der Waals surface area contributed by atoms with E-state index in [1.54, 1.807) is 68.9 Å². The van der Waals surface area contributed by atoms with Gasteiger partial charge in [-0.15, -0.1) is 0 Å². The van der Waals surface area contributed by atoms with E-state index in [2.05, 4.69) is 15.3 Å². The van der Waals surface area contributed by atoms with Crippen LogP contribution in [0.3, 0.4) is 0 Å². The first-order chi connectivity index (χ1) is 15.0. The van der Waals surface area contributed by atoms with Crippen molar-refractivity contribution in [2.75, 3.05) is 12.4 Å². The third kappa shape index (κ3) is 4.42. The number of halogens is 2. The SMILES string of the molecule is COc1cnccc1-c1nc2cc(NC(=O)[C@H](C)Oc3cccc(Cl)c3Cl)ccc2o1. The Bertz CT molecular complexity index is 1260. The number of ether oxygens (including phenoxy) is 2. The standard InChI is InChI=1S/C22H17Cl2N3O4/c1-12(30-18-5-3-4-15(23)20(18)24)21(28)26-13-6-7-17-16(10-13)27-22(31-17)14-8-9-25-11-19(14)29-2/h3-12H,1-2H3,(H,26,28)/t12-/m0/s1. The van der Waals surface area contributed by atoms with Crippen molar-refractivity contribution in [3.8, 4) is 23.0 Å². The zero-order valence-corrected chi connectivity index (χ0v) is 18.1. The van der Waals surface area contributed by atoms with Gasteiger partial charge in [-0.3, -0.25) is 9.78 Å². The van der Waals surface area contributed by atoms with Gasteiger partial charge in [0.05, 0.1) is 23.9 Å². The molecule has 0 bridgehead atoms. The van der Waals surface area contributed by atoms with E-state index >= 15 is 0 Å². The smallest absolute Gasteiger partial charge is 0.265 e. The zero-order valence-electron chi connectivity index (χ0n) is 16.6. The summed E-state index contributed by atoms with van der Waals surface area (Å²) in [5.41, 5.74) is 2.38. The van der Waals surface area contributed by atoms with E-state index in [9.17, 15) is 4.79 Å². The summed E-state index contributed by atoms with van der Waals surface area (Å²) in [5.74, 6) is 0.924. The molecule has 0 saturated heterocycles. The maximum atomic E-state index is 12.6. The van der Waals surface area contributed by atoms with Crippen molar-refractivity contribution in [2.45, 2.75) is 13.0 Å². The lowest BCUT2D eigenvalue weighted by atomic mass is 10.2. The van der Waals surface area contributed by atoms with E-state index in [1.807, 2.05) is 0 Å². The monoisotopic (exact) mass is 457 g/mol. The fourth-order valence-electron chi connectivity index (χ4n) is 2.90. The van der Waals surface area contributed by atoms with E-state index in [0.717, 1.165) is 0 Å². The van der Waals surface area contributed by atoms with Gasteiger partial charge in [0, 0.05) is 11.9 Å². The van der Waals surface area contributed by atoms with Crippen molar-refractivity contribution in [2.24, 2.45) is 0 Å². The fraction of sp³-hybridized carbons (Fsp3) is 0.136. The summed E-state index contributed by atoms with van der Waals surface area (Å²) in [6.07, 6.45) is 2.41. The summed E-state index contributed by atoms with van der Waals surface area (Å²) in [7, 11) is 1.55. The zero-order chi connectivity index (χ0) is 22.0. The van der Waals surface area contributed by atoms with E-state index in [0.29, 0.717) is 44.8 Å². The van der Waals surface area contributed by atoms with Crippen LogP contribution < -0.4 is 14.8 Å². The first-order valence-corrected chi connectivity index (χ1v) is 10.0. The quantitative estimate of drug-likeness (QED) is 0.404. The van der Waals surface area contributed by atoms with Crippen molar-refractivity contribution < 1.29 is 18.7 Å². The number of carbonyl (C=O) groups excluding carboxylic acids is 1. The molecule has 0 unspecified atom stereocenters. The van der Waals surface area contributed by atoms with Crippen LogP contribution in [0.5, 0.6) is 11.5 Å². The second kappa shape index (κ2) is 8.83. The predicted molar refractivity (Wildman–Crippen MR) is 119 cm³/mol. The normalized spacial score (nSPS) is 11.9. The summed E-state index contributed by atoms with van der Waals surface area (Å²) >= 11 is 12.1. The molecule has 9 heteroatoms. The van der Waals surface area contributed by atoms with E-state index in [4.69, 9.17) is 37.1 Å². The molecular weight excluding hydrogens is 441 g/mol. The van der Waals surface area contributed by atoms with E-state index in [-0.39, 0.29) is 10.9 Å². The second-order valence-corrected chi connectivity index (χ2v) is 7.36. The van der Waals surface area contributed by atoms with Gasteiger partial charge in [0.25, 0.3) is 5.91 Å². The molecule has 158 valence electrons. The highest BCUT2D eigenvalue weighted by molar-refractivity contribution is 6.42. The number of pyridine rings is 1. The largest absolute Gasteiger partial charge is 0.494 e. The molecule has 0 aliphatic heterocycles. The number of nitrogens with zero attached hydrogens (tertiary/aromatic N) is 2. The Morgan fingerprint density at radius 3 is 2.81 bits per heavy atom. The Labute approximate surface area is 187 Å². The van der Waals surface area contributed by atoms with Crippen molar-refractivity contribution >= 4 is 45.9 Å². The molecule has 0 aliphatic carbocycles. The minimum Gasteiger partial charge on any atom is -0.494 e. The first-order valence-electron chi connectivity index (χ1n) is 9.26. The van der Waals surface area contributed by atoms with Gasteiger partial charge in [0.15, 0.2) is 11.7 Å². The average molecular weight is 458 g/mol. The van der Waals surface area contributed by atoms with Crippen molar-refractivity contribution in [1.82, 2.24) is 9.97 Å². The van der Waals surface area contributed by atoms with E-state index in [1.165, 1.54) is 0 Å². The van der Waals surface area contributed by atoms with Crippen LogP contribution in [0.25, 0.3) is 22.6 Å². The van der Waals surface area contributed by atoms with Crippen LogP contribution in [0.15, 0.2) is 59.3 Å². The van der Waals surface area contributed by atoms with Crippen LogP contribution in [0.4, 0.5) is 5.69 Å². The number of rotatable bonds is 6. The molecule has 4 aromatic rings. The molecule has 0 aliphatic rings. The summed E-state index contributed by atoms with van der Waals surface area (Å²) in [6, 6.07) is 11.9. The highest BCUT2D eigenvalue weighted by Crippen LogP contribution is 2.33. The molecule has 1 atom stereocenters. The van der Waals surface area contributed by atoms with Gasteiger partial charge >= 0.3 is 0 Å². The topological polar surface area (TPSA) is 86.5 Å². The number of anilines is 1. The molecule has 7 nitrogen and oxygen atoms in total. The van der Waals surface area contributed by atoms with E-state index < -0.39 is 6.10 Å². The molecule has 2 aromatic heterocycles. The Morgan fingerprint density at radius 1 is 1.16 bits per heavy atom. The van der Waals surface area contributed by atoms with Gasteiger partial charge in [-0.05, 0) is 43.3 Å². The fourth-order valence-corrected chi connectivity index (χ4v) is 3.24. The van der Waals surface area contributed by atoms with Gasteiger partial charge in [0.2, 0.25) is 5.89 Å². The number of carbonyl (C=O) groups is 1. The second-order valence-electron chi connectivity index (χ2n) is 6.58. The first kappa shape index (κ1) is 21.0. The molecule has 1 N–H and O–H groups in total. The Hall–Kier alpha value is -3.29. The van der Waals surface area contributed by atoms with Crippen molar-refractivity contribution in [1.29, 1.82) is 0 Å². The van der Waals surface area contributed by atoms with Gasteiger partial charge in [0.1, 0.15) is 22.0 Å². The lowest BCUT2D eigenvalue weighted by molar-refractivity contribution is -0.122. The van der Waals surface area contributed by atoms with Crippen LogP contribution in [0.1, 0.15) is 6.92 Å². The average Bonchev–Trinajstić information content (AvgIpc) is 3.20. The van der Waals surface area contributed by atoms with Gasteiger partial charge in [-0.2, -0.15) is 0 Å². The summed E-state index contributed by atoms with van der Waals surface area (Å²) in [5, 5.41) is 3.41. The minimum absolute atomic E-state index is 0.256. The minimum atomic E-state index is -0.805. The number of amides is 1. The molecule has 0 spiro atoms. The number of hydrogen-bond acceptors (Lipinski definition) is 6. The van der Waals surface area contributed by atoms with Crippen LogP contribution in [0.2, 0.25) is 10.0 Å². The number of fused-ring (bicyclic) bond motifs is 1. The van der Waals surface area contributed by atoms with Crippen LogP contribution >= 0.6 is 23.2 Å². The Kier molecular flexibility index (Phi) is 5.97. The third-order valence-electron chi connectivity index (χ3n) is 4.48. The van der Waals surface area contributed by atoms with Gasteiger partial charge < -0.3 is 19.2 Å². The number of methoxy groups -OCH3 is 1. The lowest BCUT2D eigenvalue weighted by Crippen LogP contribution is -2.30. The number of aromatic nitrogens is 2.